The summed E-state index contributed by atoms with van der Waals surface area (Å²) in [6, 6.07) is 0. The molecule has 0 amide bonds. The Morgan fingerprint density at radius 2 is 2.00 bits per heavy atom. The molecule has 0 bridgehead atoms. The normalized spacial score (nSPS) is 34.9. The Labute approximate surface area is 98.4 Å². The molecule has 0 radical (unpaired) electrons. The van der Waals surface area contributed by atoms with Crippen LogP contribution in [0.25, 0.3) is 0 Å². The molecule has 16 heavy (non-hydrogen) atoms. The molecule has 1 heterocycles. The lowest BCUT2D eigenvalue weighted by Crippen LogP contribution is -2.51. The number of ether oxygens (including phenoxy) is 1. The van der Waals surface area contributed by atoms with Gasteiger partial charge in [-0.2, -0.15) is 0 Å². The van der Waals surface area contributed by atoms with Crippen molar-refractivity contribution in [1.82, 2.24) is 0 Å². The molecule has 0 aromatic heterocycles. The molecular weight excluding hydrogens is 202 g/mol. The molecule has 1 aliphatic heterocycles. The van der Waals surface area contributed by atoms with Crippen LogP contribution in [0.3, 0.4) is 0 Å². The summed E-state index contributed by atoms with van der Waals surface area (Å²) in [5.41, 5.74) is 5.75. The number of aliphatic hydroxyl groups is 1. The second kappa shape index (κ2) is 5.48. The molecule has 0 spiro atoms. The molecule has 3 N–H and O–H groups in total. The Morgan fingerprint density at radius 1 is 1.25 bits per heavy atom. The van der Waals surface area contributed by atoms with Gasteiger partial charge in [0.2, 0.25) is 0 Å². The first-order chi connectivity index (χ1) is 7.78. The van der Waals surface area contributed by atoms with Gasteiger partial charge < -0.3 is 15.6 Å². The third-order valence-electron chi connectivity index (χ3n) is 4.48. The Bertz CT molecular complexity index is 208. The van der Waals surface area contributed by atoms with Crippen molar-refractivity contribution in [2.45, 2.75) is 51.0 Å². The maximum Gasteiger partial charge on any atom is 0.0658 e. The zero-order chi connectivity index (χ0) is 11.4. The van der Waals surface area contributed by atoms with E-state index in [9.17, 15) is 5.11 Å². The van der Waals surface area contributed by atoms with Crippen LogP contribution in [0.4, 0.5) is 0 Å². The van der Waals surface area contributed by atoms with E-state index in [-0.39, 0.29) is 11.5 Å². The minimum Gasteiger partial charge on any atom is -0.392 e. The van der Waals surface area contributed by atoms with Gasteiger partial charge in [-0.15, -0.1) is 0 Å². The van der Waals surface area contributed by atoms with Crippen molar-refractivity contribution in [3.63, 3.8) is 0 Å². The second-order valence-electron chi connectivity index (χ2n) is 5.57. The van der Waals surface area contributed by atoms with Gasteiger partial charge in [-0.05, 0) is 31.6 Å². The van der Waals surface area contributed by atoms with Gasteiger partial charge >= 0.3 is 0 Å². The smallest absolute Gasteiger partial charge is 0.0658 e. The Hall–Kier alpha value is -0.120. The first-order valence-corrected chi connectivity index (χ1v) is 6.74. The van der Waals surface area contributed by atoms with Gasteiger partial charge in [-0.3, -0.25) is 0 Å². The summed E-state index contributed by atoms with van der Waals surface area (Å²) < 4.78 is 5.55. The third kappa shape index (κ3) is 2.41. The molecule has 94 valence electrons. The van der Waals surface area contributed by atoms with Crippen LogP contribution in [0.2, 0.25) is 0 Å². The van der Waals surface area contributed by atoms with Crippen molar-refractivity contribution >= 4 is 0 Å². The van der Waals surface area contributed by atoms with Crippen molar-refractivity contribution < 1.29 is 9.84 Å². The van der Waals surface area contributed by atoms with E-state index < -0.39 is 0 Å². The number of hydrogen-bond donors (Lipinski definition) is 2. The molecule has 0 aromatic carbocycles. The molecule has 1 aliphatic carbocycles. The lowest BCUT2D eigenvalue weighted by molar-refractivity contribution is -0.103. The Balaban J connectivity index is 2.00. The van der Waals surface area contributed by atoms with Gasteiger partial charge in [0.1, 0.15) is 0 Å². The number of rotatable bonds is 3. The molecule has 1 saturated heterocycles. The minimum absolute atomic E-state index is 0.153. The SMILES string of the molecule is NCC1(C(O)C2CCCCC2)CCCOC1. The van der Waals surface area contributed by atoms with Crippen LogP contribution in [-0.2, 0) is 4.74 Å². The van der Waals surface area contributed by atoms with Crippen molar-refractivity contribution in [2.75, 3.05) is 19.8 Å². The van der Waals surface area contributed by atoms with E-state index in [0.717, 1.165) is 19.4 Å². The summed E-state index contributed by atoms with van der Waals surface area (Å²) in [7, 11) is 0. The standard InChI is InChI=1S/C13H25NO2/c14-9-13(7-4-8-16-10-13)12(15)11-5-2-1-3-6-11/h11-12,15H,1-10,14H2. The van der Waals surface area contributed by atoms with Gasteiger partial charge in [-0.25, -0.2) is 0 Å². The first kappa shape index (κ1) is 12.3. The zero-order valence-electron chi connectivity index (χ0n) is 10.2. The van der Waals surface area contributed by atoms with Crippen molar-refractivity contribution in [3.05, 3.63) is 0 Å². The Morgan fingerprint density at radius 3 is 2.56 bits per heavy atom. The van der Waals surface area contributed by atoms with Crippen molar-refractivity contribution in [3.8, 4) is 0 Å². The summed E-state index contributed by atoms with van der Waals surface area (Å²) in [5, 5.41) is 10.6. The fraction of sp³-hybridized carbons (Fsp3) is 1.00. The molecule has 3 heteroatoms. The largest absolute Gasteiger partial charge is 0.392 e. The quantitative estimate of drug-likeness (QED) is 0.771. The monoisotopic (exact) mass is 227 g/mol. The number of hydrogen-bond acceptors (Lipinski definition) is 3. The van der Waals surface area contributed by atoms with Crippen molar-refractivity contribution in [1.29, 1.82) is 0 Å². The van der Waals surface area contributed by atoms with Gasteiger partial charge in [-0.1, -0.05) is 19.3 Å². The fourth-order valence-corrected chi connectivity index (χ4v) is 3.34. The first-order valence-electron chi connectivity index (χ1n) is 6.74. The molecule has 2 unspecified atom stereocenters. The molecule has 2 fully saturated rings. The third-order valence-corrected chi connectivity index (χ3v) is 4.48. The molecule has 2 atom stereocenters. The van der Waals surface area contributed by atoms with E-state index in [0.29, 0.717) is 19.1 Å². The highest BCUT2D eigenvalue weighted by molar-refractivity contribution is 4.93. The van der Waals surface area contributed by atoms with E-state index in [1.165, 1.54) is 32.1 Å². The maximum absolute atomic E-state index is 10.6. The maximum atomic E-state index is 10.6. The molecule has 0 aromatic rings. The topological polar surface area (TPSA) is 55.5 Å². The van der Waals surface area contributed by atoms with Gasteiger partial charge in [0.25, 0.3) is 0 Å². The summed E-state index contributed by atoms with van der Waals surface area (Å²) in [6.07, 6.45) is 8.02. The summed E-state index contributed by atoms with van der Waals surface area (Å²) in [4.78, 5) is 0. The fourth-order valence-electron chi connectivity index (χ4n) is 3.34. The van der Waals surface area contributed by atoms with Crippen LogP contribution in [0, 0.1) is 11.3 Å². The van der Waals surface area contributed by atoms with Gasteiger partial charge in [0.15, 0.2) is 0 Å². The molecular formula is C13H25NO2. The molecule has 2 rings (SSSR count). The van der Waals surface area contributed by atoms with Crippen LogP contribution in [0.5, 0.6) is 0 Å². The average Bonchev–Trinajstić information content (AvgIpc) is 2.39. The van der Waals surface area contributed by atoms with Crippen LogP contribution < -0.4 is 5.73 Å². The van der Waals surface area contributed by atoms with Crippen LogP contribution in [0.1, 0.15) is 44.9 Å². The van der Waals surface area contributed by atoms with E-state index in [1.54, 1.807) is 0 Å². The minimum atomic E-state index is -0.252. The summed E-state index contributed by atoms with van der Waals surface area (Å²) in [5.74, 6) is 0.457. The predicted molar refractivity (Wildman–Crippen MR) is 64.1 cm³/mol. The highest BCUT2D eigenvalue weighted by Gasteiger charge is 2.42. The van der Waals surface area contributed by atoms with Crippen LogP contribution in [0.15, 0.2) is 0 Å². The Kier molecular flexibility index (Phi) is 4.22. The highest BCUT2D eigenvalue weighted by atomic mass is 16.5. The number of aliphatic hydroxyl groups excluding tert-OH is 1. The van der Waals surface area contributed by atoms with Gasteiger partial charge in [0.05, 0.1) is 12.7 Å². The lowest BCUT2D eigenvalue weighted by atomic mass is 9.69. The van der Waals surface area contributed by atoms with E-state index in [4.69, 9.17) is 10.5 Å². The highest BCUT2D eigenvalue weighted by Crippen LogP contribution is 2.39. The summed E-state index contributed by atoms with van der Waals surface area (Å²) in [6.45, 7) is 2.05. The molecule has 2 aliphatic rings. The van der Waals surface area contributed by atoms with Gasteiger partial charge in [0, 0.05) is 18.6 Å². The van der Waals surface area contributed by atoms with E-state index in [1.807, 2.05) is 0 Å². The van der Waals surface area contributed by atoms with Crippen molar-refractivity contribution in [2.24, 2.45) is 17.1 Å². The molecule has 3 nitrogen and oxygen atoms in total. The number of nitrogens with two attached hydrogens (primary N) is 1. The molecule has 1 saturated carbocycles. The summed E-state index contributed by atoms with van der Waals surface area (Å²) >= 11 is 0. The average molecular weight is 227 g/mol. The van der Waals surface area contributed by atoms with Crippen LogP contribution >= 0.6 is 0 Å². The second-order valence-corrected chi connectivity index (χ2v) is 5.57. The zero-order valence-corrected chi connectivity index (χ0v) is 10.2. The van der Waals surface area contributed by atoms with E-state index in [2.05, 4.69) is 0 Å². The van der Waals surface area contributed by atoms with Crippen LogP contribution in [-0.4, -0.2) is 31.0 Å². The predicted octanol–water partition coefficient (Wildman–Crippen LogP) is 1.68. The van der Waals surface area contributed by atoms with E-state index >= 15 is 0 Å². The lowest BCUT2D eigenvalue weighted by Gasteiger charge is -2.44.